The van der Waals surface area contributed by atoms with Gasteiger partial charge in [-0.25, -0.2) is 0 Å². The molecule has 0 radical (unpaired) electrons. The summed E-state index contributed by atoms with van der Waals surface area (Å²) < 4.78 is 15.5. The van der Waals surface area contributed by atoms with E-state index in [1.807, 2.05) is 6.20 Å². The van der Waals surface area contributed by atoms with E-state index in [1.54, 1.807) is 0 Å². The molecule has 9 aromatic carbocycles. The molecule has 0 unspecified atom stereocenters. The van der Waals surface area contributed by atoms with Crippen molar-refractivity contribution < 1.29 is 4.74 Å². The molecule has 0 saturated heterocycles. The molecule has 2 aliphatic heterocycles. The molecule has 72 heavy (non-hydrogen) atoms. The number of rotatable bonds is 9. The van der Waals surface area contributed by atoms with Gasteiger partial charge in [0.05, 0.1) is 0 Å². The molecule has 0 atom stereocenters. The molecule has 7 heteroatoms. The second-order valence-corrected chi connectivity index (χ2v) is 28.1. The maximum atomic E-state index is 7.21. The van der Waals surface area contributed by atoms with Crippen molar-refractivity contribution in [1.29, 1.82) is 0 Å². The van der Waals surface area contributed by atoms with E-state index in [-0.39, 0.29) is 12.1 Å². The average Bonchev–Trinajstić information content (AvgIpc) is 3.91. The van der Waals surface area contributed by atoms with E-state index in [2.05, 4.69) is 268 Å². The molecule has 0 aliphatic carbocycles. The van der Waals surface area contributed by atoms with Gasteiger partial charge in [-0.2, -0.15) is 0 Å². The second kappa shape index (κ2) is 17.1. The number of para-hydroxylation sites is 3. The Kier molecular flexibility index (Phi) is 10.4. The first-order valence-corrected chi connectivity index (χ1v) is 29.3. The van der Waals surface area contributed by atoms with Gasteiger partial charge in [-0.05, 0) is 11.1 Å². The number of pyridine rings is 1. The third kappa shape index (κ3) is 6.87. The quantitative estimate of drug-likeness (QED) is 0.146. The maximum absolute atomic E-state index is 7.21. The van der Waals surface area contributed by atoms with E-state index in [0.717, 1.165) is 45.6 Å². The van der Waals surface area contributed by atoms with E-state index < -0.39 is 13.3 Å². The second-order valence-electron chi connectivity index (χ2n) is 20.5. The van der Waals surface area contributed by atoms with Gasteiger partial charge in [0.25, 0.3) is 0 Å². The van der Waals surface area contributed by atoms with E-state index in [9.17, 15) is 0 Å². The molecule has 11 aromatic rings. The van der Waals surface area contributed by atoms with Crippen molar-refractivity contribution in [3.8, 4) is 39.6 Å². The number of fused-ring (bicyclic) bond motifs is 6. The van der Waals surface area contributed by atoms with Crippen molar-refractivity contribution in [2.75, 3.05) is 17.3 Å². The zero-order valence-electron chi connectivity index (χ0n) is 41.2. The number of nitrogens with zero attached hydrogens (tertiary/aromatic N) is 3. The number of nitrogens with one attached hydrogen (secondary N) is 1. The van der Waals surface area contributed by atoms with Gasteiger partial charge in [-0.1, -0.05) is 78.9 Å². The number of hydrogen-bond acceptors (Lipinski definition) is 4. The minimum absolute atomic E-state index is 0.0452. The van der Waals surface area contributed by atoms with Crippen molar-refractivity contribution in [2.45, 2.75) is 33.0 Å². The zero-order chi connectivity index (χ0) is 48.7. The van der Waals surface area contributed by atoms with Gasteiger partial charge in [-0.3, -0.25) is 0 Å². The molecular weight excluding hydrogens is 936 g/mol. The predicted octanol–water partition coefficient (Wildman–Crippen LogP) is 12.4. The van der Waals surface area contributed by atoms with Gasteiger partial charge in [-0.15, -0.1) is 0 Å². The third-order valence-corrected chi connectivity index (χ3v) is 25.7. The summed E-state index contributed by atoms with van der Waals surface area (Å²) in [5.41, 5.74) is 15.1. The van der Waals surface area contributed by atoms with E-state index in [1.165, 1.54) is 72.6 Å². The number of benzene rings is 9. The summed E-state index contributed by atoms with van der Waals surface area (Å²) >= 11 is -3.66. The summed E-state index contributed by atoms with van der Waals surface area (Å²) in [6.45, 7) is 9.48. The van der Waals surface area contributed by atoms with Gasteiger partial charge in [0.2, 0.25) is 0 Å². The van der Waals surface area contributed by atoms with Crippen LogP contribution in [-0.4, -0.2) is 36.6 Å². The first-order valence-electron chi connectivity index (χ1n) is 25.1. The molecule has 1 spiro atoms. The van der Waals surface area contributed by atoms with Crippen LogP contribution in [0.15, 0.2) is 225 Å². The number of aromatic nitrogens is 2. The molecule has 2 aliphatic rings. The van der Waals surface area contributed by atoms with E-state index in [4.69, 9.17) is 9.72 Å². The molecule has 0 fully saturated rings. The predicted molar refractivity (Wildman–Crippen MR) is 307 cm³/mol. The number of hydrogen-bond donors (Lipinski definition) is 1. The van der Waals surface area contributed by atoms with Crippen molar-refractivity contribution in [3.05, 3.63) is 230 Å². The fourth-order valence-corrected chi connectivity index (χ4v) is 24.4. The number of ether oxygens (including phenoxy) is 1. The molecule has 0 amide bonds. The summed E-state index contributed by atoms with van der Waals surface area (Å²) in [6, 6.07) is 79.7. The van der Waals surface area contributed by atoms with Crippen molar-refractivity contribution in [1.82, 2.24) is 9.55 Å². The summed E-state index contributed by atoms with van der Waals surface area (Å²) in [6.07, 6.45) is 1.97. The molecule has 13 rings (SSSR count). The topological polar surface area (TPSA) is 42.3 Å². The molecular formula is C65H53BGeN4O. The Labute approximate surface area is 424 Å². The Balaban J connectivity index is 0.943. The van der Waals surface area contributed by atoms with Crippen molar-refractivity contribution >= 4 is 93.0 Å². The molecule has 0 bridgehead atoms. The summed E-state index contributed by atoms with van der Waals surface area (Å²) in [5.74, 6) is 2.49. The molecule has 346 valence electrons. The van der Waals surface area contributed by atoms with Crippen LogP contribution in [0.4, 0.5) is 22.7 Å². The minimum atomic E-state index is -3.66. The summed E-state index contributed by atoms with van der Waals surface area (Å²) in [4.78, 5) is 7.43. The van der Waals surface area contributed by atoms with Gasteiger partial charge in [0.15, 0.2) is 0 Å². The zero-order valence-corrected chi connectivity index (χ0v) is 43.3. The Morgan fingerprint density at radius 2 is 1.14 bits per heavy atom. The monoisotopic (exact) mass is 990 g/mol. The van der Waals surface area contributed by atoms with Crippen LogP contribution in [0, 0.1) is 0 Å². The summed E-state index contributed by atoms with van der Waals surface area (Å²) in [5, 5.41) is 6.52. The van der Waals surface area contributed by atoms with Gasteiger partial charge in [0.1, 0.15) is 0 Å². The van der Waals surface area contributed by atoms with Crippen LogP contribution >= 0.6 is 0 Å². The molecule has 2 aromatic heterocycles. The standard InChI is InChI=1S/C65H53BGeN4O/c1-65(2,3)45-37-38-68-61(39-45)71-59-36-20-33-55-62(59)63-56(67(55)53-31-14-12-29-51(53)66(4)52-30-13-15-32-54(52)67)41-48(42-60(63)71)72-47-26-18-25-46(40-47)69-57-34-16-17-35-58(57)70(5)64-49(43-21-8-6-9-22-43)27-19-28-50(64)44-23-10-7-11-24-44/h6-42,69H,1-5H3. The van der Waals surface area contributed by atoms with Crippen LogP contribution in [0.3, 0.4) is 0 Å². The fourth-order valence-electron chi connectivity index (χ4n) is 12.1. The van der Waals surface area contributed by atoms with Crippen LogP contribution in [0.1, 0.15) is 26.3 Å². The molecule has 0 saturated carbocycles. The van der Waals surface area contributed by atoms with Crippen LogP contribution in [0.5, 0.6) is 11.5 Å². The van der Waals surface area contributed by atoms with Crippen molar-refractivity contribution in [2.24, 2.45) is 0 Å². The molecule has 4 heterocycles. The average molecular weight is 990 g/mol. The Bertz CT molecular complexity index is 3810. The third-order valence-electron chi connectivity index (χ3n) is 15.3. The first kappa shape index (κ1) is 43.9. The summed E-state index contributed by atoms with van der Waals surface area (Å²) in [7, 11) is 2.17. The Morgan fingerprint density at radius 3 is 1.83 bits per heavy atom. The number of anilines is 4. The van der Waals surface area contributed by atoms with E-state index in [0.29, 0.717) is 0 Å². The SMILES string of the molecule is CB1c2cccc[c]2[Ge]2([c]3ccccc31)[c]1cccc3c1c1[c]2cc(Oc2cccc(Nc4ccccc4N(C)c4c(-c5ccccc5)cccc4-c4ccccc4)c2)cc1n3-c1cc(C(C)(C)C)ccn1. The normalized spacial score (nSPS) is 13.2. The van der Waals surface area contributed by atoms with E-state index >= 15 is 0 Å². The Hall–Kier alpha value is -8.06. The van der Waals surface area contributed by atoms with Gasteiger partial charge < -0.3 is 0 Å². The van der Waals surface area contributed by atoms with Crippen LogP contribution < -0.4 is 43.5 Å². The van der Waals surface area contributed by atoms with Crippen LogP contribution in [-0.2, 0) is 5.41 Å². The van der Waals surface area contributed by atoms with Crippen LogP contribution in [0.2, 0.25) is 6.82 Å². The van der Waals surface area contributed by atoms with Gasteiger partial charge in [0, 0.05) is 11.1 Å². The molecule has 1 N–H and O–H groups in total. The molecule has 5 nitrogen and oxygen atoms in total. The van der Waals surface area contributed by atoms with Gasteiger partial charge >= 0.3 is 326 Å². The van der Waals surface area contributed by atoms with Crippen molar-refractivity contribution in [3.63, 3.8) is 0 Å². The first-order chi connectivity index (χ1) is 35.2. The fraction of sp³-hybridized carbons (Fsp3) is 0.0923. The van der Waals surface area contributed by atoms with Crippen LogP contribution in [0.25, 0.3) is 49.9 Å². The Morgan fingerprint density at radius 1 is 0.542 bits per heavy atom.